The van der Waals surface area contributed by atoms with Gasteiger partial charge in [-0.3, -0.25) is 19.3 Å². The average Bonchev–Trinajstić information content (AvgIpc) is 2.92. The first-order valence-corrected chi connectivity index (χ1v) is 14.2. The molecule has 0 saturated carbocycles. The van der Waals surface area contributed by atoms with Gasteiger partial charge in [-0.25, -0.2) is 0 Å². The molecule has 9 heteroatoms. The topological polar surface area (TPSA) is 99.2 Å². The zero-order valence-electron chi connectivity index (χ0n) is 22.6. The number of Topliss-reactive ketones (excluding diaryl/α,β-unsaturated/α-hetero) is 1. The van der Waals surface area contributed by atoms with E-state index in [2.05, 4.69) is 27.2 Å². The van der Waals surface area contributed by atoms with Gasteiger partial charge in [-0.15, -0.1) is 0 Å². The number of carboxylic acids is 1. The molecule has 1 unspecified atom stereocenters. The van der Waals surface area contributed by atoms with Gasteiger partial charge in [0.25, 0.3) is 0 Å². The first kappa shape index (κ1) is 28.9. The number of aliphatic carboxylic acids is 1. The summed E-state index contributed by atoms with van der Waals surface area (Å²) in [7, 11) is 0. The van der Waals surface area contributed by atoms with Crippen molar-refractivity contribution in [1.82, 2.24) is 10.2 Å². The van der Waals surface area contributed by atoms with Gasteiger partial charge in [-0.1, -0.05) is 29.8 Å². The summed E-state index contributed by atoms with van der Waals surface area (Å²) in [6.45, 7) is 8.01. The van der Waals surface area contributed by atoms with Crippen LogP contribution in [0.25, 0.3) is 0 Å². The summed E-state index contributed by atoms with van der Waals surface area (Å²) in [5.41, 5.74) is 4.23. The predicted molar refractivity (Wildman–Crippen MR) is 152 cm³/mol. The molecule has 0 spiro atoms. The third-order valence-corrected chi connectivity index (χ3v) is 8.04. The largest absolute Gasteiger partial charge is 0.494 e. The number of nitrogens with zero attached hydrogens (tertiary/aromatic N) is 2. The highest BCUT2D eigenvalue weighted by atomic mass is 35.5. The molecule has 1 saturated heterocycles. The Morgan fingerprint density at radius 1 is 1.10 bits per heavy atom. The Morgan fingerprint density at radius 3 is 2.67 bits per heavy atom. The van der Waals surface area contributed by atoms with Gasteiger partial charge in [0, 0.05) is 57.9 Å². The van der Waals surface area contributed by atoms with E-state index < -0.39 is 5.97 Å². The number of nitrogens with one attached hydrogen (secondary N) is 1. The molecule has 1 atom stereocenters. The van der Waals surface area contributed by atoms with Crippen LogP contribution in [0.2, 0.25) is 5.02 Å². The number of carbonyl (C=O) groups excluding carboxylic acids is 2. The molecule has 39 heavy (non-hydrogen) atoms. The van der Waals surface area contributed by atoms with Crippen LogP contribution in [0, 0.1) is 6.92 Å². The average molecular weight is 556 g/mol. The van der Waals surface area contributed by atoms with Crippen LogP contribution in [0.1, 0.15) is 54.7 Å². The minimum absolute atomic E-state index is 0.0614. The Kier molecular flexibility index (Phi) is 10.2. The molecule has 8 nitrogen and oxygen atoms in total. The maximum atomic E-state index is 12.3. The first-order valence-electron chi connectivity index (χ1n) is 13.8. The molecular weight excluding hydrogens is 518 g/mol. The van der Waals surface area contributed by atoms with E-state index in [1.807, 2.05) is 31.2 Å². The Balaban J connectivity index is 1.17. The smallest absolute Gasteiger partial charge is 0.303 e. The van der Waals surface area contributed by atoms with Gasteiger partial charge in [-0.2, -0.15) is 0 Å². The lowest BCUT2D eigenvalue weighted by atomic mass is 9.82. The number of anilines is 1. The Hall–Kier alpha value is -3.10. The fraction of sp³-hybridized carbons (Fsp3) is 0.500. The van der Waals surface area contributed by atoms with Crippen molar-refractivity contribution in [1.29, 1.82) is 0 Å². The number of ketones is 1. The van der Waals surface area contributed by atoms with E-state index in [4.69, 9.17) is 21.4 Å². The van der Waals surface area contributed by atoms with E-state index in [-0.39, 0.29) is 30.4 Å². The van der Waals surface area contributed by atoms with Crippen molar-refractivity contribution >= 4 is 34.9 Å². The third-order valence-electron chi connectivity index (χ3n) is 7.55. The van der Waals surface area contributed by atoms with Crippen molar-refractivity contribution in [2.75, 3.05) is 50.8 Å². The minimum Gasteiger partial charge on any atom is -0.494 e. The van der Waals surface area contributed by atoms with Gasteiger partial charge < -0.3 is 20.1 Å². The summed E-state index contributed by atoms with van der Waals surface area (Å²) in [4.78, 5) is 39.8. The summed E-state index contributed by atoms with van der Waals surface area (Å²) in [5.74, 6) is -0.523. The summed E-state index contributed by atoms with van der Waals surface area (Å²) in [5, 5.41) is 12.4. The molecule has 1 aliphatic carbocycles. The molecule has 2 aliphatic rings. The maximum Gasteiger partial charge on any atom is 0.303 e. The number of fused-ring (bicyclic) bond motifs is 1. The molecule has 210 valence electrons. The lowest BCUT2D eigenvalue weighted by Crippen LogP contribution is -2.46. The Morgan fingerprint density at radius 2 is 1.90 bits per heavy atom. The van der Waals surface area contributed by atoms with Crippen LogP contribution < -0.4 is 15.0 Å². The van der Waals surface area contributed by atoms with Crippen LogP contribution in [-0.4, -0.2) is 73.5 Å². The van der Waals surface area contributed by atoms with Gasteiger partial charge in [0.2, 0.25) is 5.91 Å². The molecule has 2 aromatic rings. The number of ether oxygens (including phenoxy) is 1. The number of piperazine rings is 1. The second kappa shape index (κ2) is 13.8. The second-order valence-corrected chi connectivity index (χ2v) is 10.8. The number of carboxylic acid groups (broad SMARTS) is 1. The minimum atomic E-state index is -1.00. The lowest BCUT2D eigenvalue weighted by molar-refractivity contribution is -0.138. The maximum absolute atomic E-state index is 12.3. The number of benzene rings is 2. The van der Waals surface area contributed by atoms with Crippen LogP contribution in [0.15, 0.2) is 36.4 Å². The zero-order chi connectivity index (χ0) is 27.8. The van der Waals surface area contributed by atoms with E-state index >= 15 is 0 Å². The SMILES string of the molecule is Cc1cccc(N2CCN(CCCCOc3ccc4c(c3)CC(=O)CC4CNC(=O)CCC(=O)O)CC2)c1Cl. The van der Waals surface area contributed by atoms with Crippen LogP contribution in [0.5, 0.6) is 5.75 Å². The van der Waals surface area contributed by atoms with E-state index in [9.17, 15) is 14.4 Å². The van der Waals surface area contributed by atoms with Gasteiger partial charge in [0.1, 0.15) is 11.5 Å². The molecule has 0 bridgehead atoms. The zero-order valence-corrected chi connectivity index (χ0v) is 23.3. The van der Waals surface area contributed by atoms with E-state index in [0.29, 0.717) is 26.0 Å². The van der Waals surface area contributed by atoms with Crippen LogP contribution in [0.3, 0.4) is 0 Å². The summed E-state index contributed by atoms with van der Waals surface area (Å²) < 4.78 is 6.01. The predicted octanol–water partition coefficient (Wildman–Crippen LogP) is 4.21. The monoisotopic (exact) mass is 555 g/mol. The van der Waals surface area contributed by atoms with Crippen LogP contribution >= 0.6 is 11.6 Å². The molecule has 1 fully saturated rings. The first-order chi connectivity index (χ1) is 18.8. The molecule has 0 radical (unpaired) electrons. The standard InChI is InChI=1S/C30H38ClN3O5/c1-21-5-4-6-27(30(21)31)34-14-12-33(13-15-34)11-2-3-16-39-25-7-8-26-22(19-25)17-24(35)18-23(26)20-32-28(36)9-10-29(37)38/h4-8,19,23H,2-3,9-18,20H2,1H3,(H,32,36)(H,37,38). The lowest BCUT2D eigenvalue weighted by Gasteiger charge is -2.36. The van der Waals surface area contributed by atoms with Crippen molar-refractivity contribution in [3.8, 4) is 5.75 Å². The fourth-order valence-corrected chi connectivity index (χ4v) is 5.58. The number of halogens is 1. The van der Waals surface area contributed by atoms with Crippen molar-refractivity contribution in [3.05, 3.63) is 58.1 Å². The normalized spacial score (nSPS) is 17.5. The number of unbranched alkanes of at least 4 members (excludes halogenated alkanes) is 1. The van der Waals surface area contributed by atoms with E-state index in [1.54, 1.807) is 0 Å². The fourth-order valence-electron chi connectivity index (χ4n) is 5.34. The molecule has 1 aliphatic heterocycles. The number of amides is 1. The van der Waals surface area contributed by atoms with E-state index in [0.717, 1.165) is 78.7 Å². The Labute approximate surface area is 235 Å². The molecule has 2 aromatic carbocycles. The summed E-state index contributed by atoms with van der Waals surface area (Å²) in [6, 6.07) is 12.1. The quantitative estimate of drug-likeness (QED) is 0.378. The molecule has 1 amide bonds. The summed E-state index contributed by atoms with van der Waals surface area (Å²) >= 11 is 6.51. The molecule has 1 heterocycles. The number of rotatable bonds is 12. The third kappa shape index (κ3) is 8.19. The van der Waals surface area contributed by atoms with Gasteiger partial charge in [-0.05, 0) is 61.2 Å². The summed E-state index contributed by atoms with van der Waals surface area (Å²) in [6.07, 6.45) is 2.48. The molecule has 0 aromatic heterocycles. The van der Waals surface area contributed by atoms with Crippen molar-refractivity contribution < 1.29 is 24.2 Å². The number of carbonyl (C=O) groups is 3. The highest BCUT2D eigenvalue weighted by Gasteiger charge is 2.26. The number of hydrogen-bond donors (Lipinski definition) is 2. The number of hydrogen-bond acceptors (Lipinski definition) is 6. The van der Waals surface area contributed by atoms with Crippen molar-refractivity contribution in [2.24, 2.45) is 0 Å². The molecular formula is C30H38ClN3O5. The van der Waals surface area contributed by atoms with Gasteiger partial charge >= 0.3 is 5.97 Å². The van der Waals surface area contributed by atoms with Crippen LogP contribution in [0.4, 0.5) is 5.69 Å². The highest BCUT2D eigenvalue weighted by Crippen LogP contribution is 2.32. The van der Waals surface area contributed by atoms with Crippen LogP contribution in [-0.2, 0) is 20.8 Å². The van der Waals surface area contributed by atoms with E-state index in [1.165, 1.54) is 0 Å². The van der Waals surface area contributed by atoms with Crippen molar-refractivity contribution in [2.45, 2.75) is 51.4 Å². The number of aryl methyl sites for hydroxylation is 1. The highest BCUT2D eigenvalue weighted by molar-refractivity contribution is 6.34. The molecule has 2 N–H and O–H groups in total. The van der Waals surface area contributed by atoms with Crippen molar-refractivity contribution in [3.63, 3.8) is 0 Å². The van der Waals surface area contributed by atoms with Gasteiger partial charge in [0.15, 0.2) is 0 Å². The van der Waals surface area contributed by atoms with Gasteiger partial charge in [0.05, 0.1) is 23.7 Å². The Bertz CT molecular complexity index is 1180. The second-order valence-electron chi connectivity index (χ2n) is 10.5. The molecule has 4 rings (SSSR count).